The number of amides is 1. The maximum Gasteiger partial charge on any atom is 0.259 e. The van der Waals surface area contributed by atoms with Crippen LogP contribution < -0.4 is 5.32 Å². The van der Waals surface area contributed by atoms with E-state index in [0.29, 0.717) is 22.8 Å². The molecule has 0 fully saturated rings. The van der Waals surface area contributed by atoms with Gasteiger partial charge in [-0.1, -0.05) is 11.6 Å². The molecule has 0 aliphatic heterocycles. The van der Waals surface area contributed by atoms with Gasteiger partial charge in [0, 0.05) is 29.7 Å². The number of halogens is 1. The standard InChI is InChI=1S/C17H16FN3OS/c1-11(2)5-7-21-10-14(13-4-3-12(18)9-15(13)21)16(22)20-17-19-6-8-23-17/h3-6,8-10H,7H2,1-2H3,(H,19,20,22). The molecule has 0 saturated heterocycles. The zero-order valence-electron chi connectivity index (χ0n) is 12.8. The van der Waals surface area contributed by atoms with Crippen molar-refractivity contribution in [2.45, 2.75) is 20.4 Å². The minimum absolute atomic E-state index is 0.243. The fraction of sp³-hybridized carbons (Fsp3) is 0.176. The summed E-state index contributed by atoms with van der Waals surface area (Å²) >= 11 is 1.36. The van der Waals surface area contributed by atoms with Crippen LogP contribution in [0.1, 0.15) is 24.2 Å². The van der Waals surface area contributed by atoms with E-state index in [0.717, 1.165) is 11.0 Å². The third-order valence-electron chi connectivity index (χ3n) is 3.44. The summed E-state index contributed by atoms with van der Waals surface area (Å²) in [6, 6.07) is 4.46. The number of hydrogen-bond donors (Lipinski definition) is 1. The van der Waals surface area contributed by atoms with Crippen LogP contribution >= 0.6 is 11.3 Å². The van der Waals surface area contributed by atoms with E-state index in [9.17, 15) is 9.18 Å². The summed E-state index contributed by atoms with van der Waals surface area (Å²) in [6.07, 6.45) is 5.42. The number of carbonyl (C=O) groups excluding carboxylic acids is 1. The fourth-order valence-corrected chi connectivity index (χ4v) is 2.85. The number of aromatic nitrogens is 2. The van der Waals surface area contributed by atoms with Gasteiger partial charge in [0.1, 0.15) is 5.82 Å². The Morgan fingerprint density at radius 2 is 2.26 bits per heavy atom. The Bertz CT molecular complexity index is 877. The van der Waals surface area contributed by atoms with Gasteiger partial charge in [0.25, 0.3) is 5.91 Å². The van der Waals surface area contributed by atoms with Crippen molar-refractivity contribution < 1.29 is 9.18 Å². The number of carbonyl (C=O) groups is 1. The van der Waals surface area contributed by atoms with E-state index >= 15 is 0 Å². The first kappa shape index (κ1) is 15.4. The van der Waals surface area contributed by atoms with Crippen LogP contribution in [0.3, 0.4) is 0 Å². The maximum absolute atomic E-state index is 13.6. The number of rotatable bonds is 4. The average molecular weight is 329 g/mol. The summed E-state index contributed by atoms with van der Waals surface area (Å²) < 4.78 is 15.5. The number of nitrogens with zero attached hydrogens (tertiary/aromatic N) is 2. The van der Waals surface area contributed by atoms with Gasteiger partial charge in [-0.25, -0.2) is 9.37 Å². The lowest BCUT2D eigenvalue weighted by atomic mass is 10.1. The monoisotopic (exact) mass is 329 g/mol. The Kier molecular flexibility index (Phi) is 4.25. The first-order valence-electron chi connectivity index (χ1n) is 7.17. The van der Waals surface area contributed by atoms with Crippen LogP contribution in [0.4, 0.5) is 9.52 Å². The predicted octanol–water partition coefficient (Wildman–Crippen LogP) is 4.46. The van der Waals surface area contributed by atoms with Gasteiger partial charge in [0.2, 0.25) is 0 Å². The third kappa shape index (κ3) is 3.32. The lowest BCUT2D eigenvalue weighted by Crippen LogP contribution is -2.11. The van der Waals surface area contributed by atoms with Crippen LogP contribution in [0.2, 0.25) is 0 Å². The van der Waals surface area contributed by atoms with Crippen LogP contribution in [0.5, 0.6) is 0 Å². The zero-order chi connectivity index (χ0) is 16.4. The molecule has 23 heavy (non-hydrogen) atoms. The Hall–Kier alpha value is -2.47. The second kappa shape index (κ2) is 6.34. The number of fused-ring (bicyclic) bond motifs is 1. The van der Waals surface area contributed by atoms with E-state index in [2.05, 4.69) is 10.3 Å². The largest absolute Gasteiger partial charge is 0.343 e. The molecule has 0 spiro atoms. The number of anilines is 1. The third-order valence-corrected chi connectivity index (χ3v) is 4.13. The summed E-state index contributed by atoms with van der Waals surface area (Å²) in [4.78, 5) is 16.5. The number of benzene rings is 1. The van der Waals surface area contributed by atoms with Crippen molar-refractivity contribution in [2.75, 3.05) is 5.32 Å². The number of allylic oxidation sites excluding steroid dienone is 2. The first-order valence-corrected chi connectivity index (χ1v) is 8.05. The molecule has 6 heteroatoms. The minimum atomic E-state index is -0.319. The molecule has 0 aliphatic carbocycles. The number of nitrogens with one attached hydrogen (secondary N) is 1. The molecular formula is C17H16FN3OS. The topological polar surface area (TPSA) is 46.9 Å². The van der Waals surface area contributed by atoms with Crippen LogP contribution in [0.25, 0.3) is 10.9 Å². The van der Waals surface area contributed by atoms with Crippen molar-refractivity contribution in [1.82, 2.24) is 9.55 Å². The summed E-state index contributed by atoms with van der Waals surface area (Å²) in [5, 5.41) is 5.83. The summed E-state index contributed by atoms with van der Waals surface area (Å²) in [7, 11) is 0. The SMILES string of the molecule is CC(C)=CCn1cc(C(=O)Nc2nccs2)c2ccc(F)cc21. The van der Waals surface area contributed by atoms with Crippen LogP contribution in [0, 0.1) is 5.82 Å². The molecule has 3 aromatic rings. The van der Waals surface area contributed by atoms with Crippen molar-refractivity contribution >= 4 is 33.3 Å². The van der Waals surface area contributed by atoms with Crippen LogP contribution in [0.15, 0.2) is 47.6 Å². The molecule has 3 rings (SSSR count). The van der Waals surface area contributed by atoms with E-state index in [4.69, 9.17) is 0 Å². The quantitative estimate of drug-likeness (QED) is 0.719. The van der Waals surface area contributed by atoms with Gasteiger partial charge in [0.15, 0.2) is 5.13 Å². The molecule has 0 atom stereocenters. The van der Waals surface area contributed by atoms with Crippen molar-refractivity contribution in [3.05, 3.63) is 59.0 Å². The van der Waals surface area contributed by atoms with Gasteiger partial charge >= 0.3 is 0 Å². The van der Waals surface area contributed by atoms with Gasteiger partial charge in [-0.3, -0.25) is 10.1 Å². The van der Waals surface area contributed by atoms with E-state index < -0.39 is 0 Å². The fourth-order valence-electron chi connectivity index (χ4n) is 2.33. The molecule has 0 radical (unpaired) electrons. The Morgan fingerprint density at radius 3 is 2.96 bits per heavy atom. The van der Waals surface area contributed by atoms with E-state index in [1.54, 1.807) is 23.8 Å². The predicted molar refractivity (Wildman–Crippen MR) is 91.4 cm³/mol. The van der Waals surface area contributed by atoms with E-state index in [1.807, 2.05) is 24.5 Å². The lowest BCUT2D eigenvalue weighted by Gasteiger charge is -2.01. The molecule has 4 nitrogen and oxygen atoms in total. The molecule has 1 amide bonds. The van der Waals surface area contributed by atoms with Crippen molar-refractivity contribution in [3.8, 4) is 0 Å². The Morgan fingerprint density at radius 1 is 1.43 bits per heavy atom. The van der Waals surface area contributed by atoms with Gasteiger partial charge in [-0.2, -0.15) is 0 Å². The lowest BCUT2D eigenvalue weighted by molar-refractivity contribution is 0.102. The summed E-state index contributed by atoms with van der Waals surface area (Å²) in [5.74, 6) is -0.562. The van der Waals surface area contributed by atoms with Crippen molar-refractivity contribution in [3.63, 3.8) is 0 Å². The highest BCUT2D eigenvalue weighted by molar-refractivity contribution is 7.13. The summed E-state index contributed by atoms with van der Waals surface area (Å²) in [6.45, 7) is 4.59. The summed E-state index contributed by atoms with van der Waals surface area (Å²) in [5.41, 5.74) is 2.38. The molecule has 0 saturated carbocycles. The highest BCUT2D eigenvalue weighted by Gasteiger charge is 2.16. The normalized spacial score (nSPS) is 10.7. The van der Waals surface area contributed by atoms with Crippen molar-refractivity contribution in [2.24, 2.45) is 0 Å². The molecular weight excluding hydrogens is 313 g/mol. The van der Waals surface area contributed by atoms with Gasteiger partial charge in [-0.15, -0.1) is 11.3 Å². The zero-order valence-corrected chi connectivity index (χ0v) is 13.7. The molecule has 1 N–H and O–H groups in total. The molecule has 118 valence electrons. The van der Waals surface area contributed by atoms with Crippen molar-refractivity contribution in [1.29, 1.82) is 0 Å². The smallest absolute Gasteiger partial charge is 0.259 e. The molecule has 1 aromatic carbocycles. The Balaban J connectivity index is 2.02. The molecule has 0 unspecified atom stereocenters. The van der Waals surface area contributed by atoms with E-state index in [1.165, 1.54) is 23.5 Å². The highest BCUT2D eigenvalue weighted by Crippen LogP contribution is 2.24. The first-order chi connectivity index (χ1) is 11.0. The maximum atomic E-state index is 13.6. The van der Waals surface area contributed by atoms with Crippen LogP contribution in [-0.4, -0.2) is 15.5 Å². The van der Waals surface area contributed by atoms with Gasteiger partial charge in [0.05, 0.1) is 11.1 Å². The molecule has 2 aromatic heterocycles. The number of hydrogen-bond acceptors (Lipinski definition) is 3. The second-order valence-electron chi connectivity index (χ2n) is 5.43. The van der Waals surface area contributed by atoms with E-state index in [-0.39, 0.29) is 11.7 Å². The highest BCUT2D eigenvalue weighted by atomic mass is 32.1. The second-order valence-corrected chi connectivity index (χ2v) is 6.32. The number of thiazole rings is 1. The molecule has 0 aliphatic rings. The van der Waals surface area contributed by atoms with Gasteiger partial charge in [-0.05, 0) is 32.0 Å². The van der Waals surface area contributed by atoms with Gasteiger partial charge < -0.3 is 4.57 Å². The molecule has 0 bridgehead atoms. The Labute approximate surface area is 137 Å². The minimum Gasteiger partial charge on any atom is -0.343 e. The molecule has 2 heterocycles. The average Bonchev–Trinajstić information content (AvgIpc) is 3.12. The van der Waals surface area contributed by atoms with Crippen LogP contribution in [-0.2, 0) is 6.54 Å².